The highest BCUT2D eigenvalue weighted by Crippen LogP contribution is 2.13. The molecule has 2 aliphatic heterocycles. The standard InChI is InChI=1S/C10H15N3O3S/c1-6-9(15)12-8(14)4-13(6)10(16)7-5-17-3-2-11-7/h6-7,11H,2-5H2,1H3,(H,12,14,15). The summed E-state index contributed by atoms with van der Waals surface area (Å²) in [4.78, 5) is 36.2. The van der Waals surface area contributed by atoms with Crippen LogP contribution in [0.25, 0.3) is 0 Å². The lowest BCUT2D eigenvalue weighted by Gasteiger charge is -2.35. The quantitative estimate of drug-likeness (QED) is 0.563. The first-order valence-corrected chi connectivity index (χ1v) is 6.70. The number of carbonyl (C=O) groups excluding carboxylic acids is 3. The number of amides is 3. The number of nitrogens with one attached hydrogen (secondary N) is 2. The van der Waals surface area contributed by atoms with Crippen LogP contribution in [0.1, 0.15) is 6.92 Å². The van der Waals surface area contributed by atoms with E-state index in [2.05, 4.69) is 10.6 Å². The molecular formula is C10H15N3O3S. The minimum atomic E-state index is -0.575. The Labute approximate surface area is 103 Å². The summed E-state index contributed by atoms with van der Waals surface area (Å²) < 4.78 is 0. The Hall–Kier alpha value is -1.08. The number of nitrogens with zero attached hydrogens (tertiary/aromatic N) is 1. The molecule has 2 fully saturated rings. The maximum atomic E-state index is 12.2. The molecule has 2 atom stereocenters. The van der Waals surface area contributed by atoms with Gasteiger partial charge in [-0.05, 0) is 6.92 Å². The molecule has 2 aliphatic rings. The lowest BCUT2D eigenvalue weighted by atomic mass is 10.1. The summed E-state index contributed by atoms with van der Waals surface area (Å²) in [5.41, 5.74) is 0. The van der Waals surface area contributed by atoms with Crippen LogP contribution in [0, 0.1) is 0 Å². The number of piperazine rings is 1. The third kappa shape index (κ3) is 2.61. The number of rotatable bonds is 1. The lowest BCUT2D eigenvalue weighted by molar-refractivity contribution is -0.150. The van der Waals surface area contributed by atoms with Gasteiger partial charge in [0.15, 0.2) is 0 Å². The van der Waals surface area contributed by atoms with Gasteiger partial charge in [-0.2, -0.15) is 11.8 Å². The Balaban J connectivity index is 2.06. The van der Waals surface area contributed by atoms with Crippen LogP contribution < -0.4 is 10.6 Å². The van der Waals surface area contributed by atoms with E-state index >= 15 is 0 Å². The summed E-state index contributed by atoms with van der Waals surface area (Å²) >= 11 is 1.70. The zero-order valence-electron chi connectivity index (χ0n) is 9.56. The first kappa shape index (κ1) is 12.4. The van der Waals surface area contributed by atoms with Crippen LogP contribution in [0.4, 0.5) is 0 Å². The molecule has 0 bridgehead atoms. The molecule has 17 heavy (non-hydrogen) atoms. The lowest BCUT2D eigenvalue weighted by Crippen LogP contribution is -2.62. The number of carbonyl (C=O) groups is 3. The van der Waals surface area contributed by atoms with Gasteiger partial charge in [-0.1, -0.05) is 0 Å². The first-order chi connectivity index (χ1) is 8.09. The molecule has 0 aliphatic carbocycles. The summed E-state index contributed by atoms with van der Waals surface area (Å²) in [5.74, 6) is 0.701. The van der Waals surface area contributed by atoms with Gasteiger partial charge >= 0.3 is 0 Å². The Morgan fingerprint density at radius 2 is 2.24 bits per heavy atom. The van der Waals surface area contributed by atoms with Crippen molar-refractivity contribution in [3.63, 3.8) is 0 Å². The van der Waals surface area contributed by atoms with E-state index in [1.54, 1.807) is 18.7 Å². The van der Waals surface area contributed by atoms with Crippen LogP contribution in [0.5, 0.6) is 0 Å². The SMILES string of the molecule is CC1C(=O)NC(=O)CN1C(=O)C1CSCCN1. The van der Waals surface area contributed by atoms with Crippen molar-refractivity contribution in [3.8, 4) is 0 Å². The number of hydrogen-bond donors (Lipinski definition) is 2. The molecule has 94 valence electrons. The molecular weight excluding hydrogens is 242 g/mol. The maximum Gasteiger partial charge on any atom is 0.249 e. The average molecular weight is 257 g/mol. The fourth-order valence-electron chi connectivity index (χ4n) is 1.91. The summed E-state index contributed by atoms with van der Waals surface area (Å²) in [6, 6.07) is -0.858. The van der Waals surface area contributed by atoms with Gasteiger partial charge in [0, 0.05) is 18.1 Å². The number of hydrogen-bond acceptors (Lipinski definition) is 5. The van der Waals surface area contributed by atoms with E-state index in [-0.39, 0.29) is 18.5 Å². The van der Waals surface area contributed by atoms with Crippen LogP contribution in [-0.4, -0.2) is 59.3 Å². The van der Waals surface area contributed by atoms with Crippen molar-refractivity contribution < 1.29 is 14.4 Å². The second-order valence-electron chi connectivity index (χ2n) is 4.14. The van der Waals surface area contributed by atoms with Crippen molar-refractivity contribution in [1.29, 1.82) is 0 Å². The van der Waals surface area contributed by atoms with E-state index in [0.29, 0.717) is 5.75 Å². The molecule has 2 rings (SSSR count). The molecule has 0 spiro atoms. The van der Waals surface area contributed by atoms with Gasteiger partial charge in [-0.15, -0.1) is 0 Å². The highest BCUT2D eigenvalue weighted by Gasteiger charge is 2.36. The molecule has 2 heterocycles. The fourth-order valence-corrected chi connectivity index (χ4v) is 2.83. The predicted octanol–water partition coefficient (Wildman–Crippen LogP) is -1.44. The molecule has 2 saturated heterocycles. The van der Waals surface area contributed by atoms with Crippen molar-refractivity contribution in [2.75, 3.05) is 24.6 Å². The largest absolute Gasteiger partial charge is 0.320 e. The van der Waals surface area contributed by atoms with Gasteiger partial charge < -0.3 is 10.2 Å². The molecule has 0 aromatic rings. The Morgan fingerprint density at radius 3 is 2.88 bits per heavy atom. The van der Waals surface area contributed by atoms with E-state index in [1.807, 2.05) is 0 Å². The summed E-state index contributed by atoms with van der Waals surface area (Å²) in [5, 5.41) is 5.33. The molecule has 3 amide bonds. The smallest absolute Gasteiger partial charge is 0.249 e. The Kier molecular flexibility index (Phi) is 3.68. The van der Waals surface area contributed by atoms with Gasteiger partial charge in [0.25, 0.3) is 0 Å². The predicted molar refractivity (Wildman–Crippen MR) is 63.4 cm³/mol. The van der Waals surface area contributed by atoms with Crippen LogP contribution in [-0.2, 0) is 14.4 Å². The number of thioether (sulfide) groups is 1. The van der Waals surface area contributed by atoms with Crippen molar-refractivity contribution >= 4 is 29.5 Å². The minimum absolute atomic E-state index is 0.0331. The molecule has 0 aromatic carbocycles. The zero-order valence-corrected chi connectivity index (χ0v) is 10.4. The second-order valence-corrected chi connectivity index (χ2v) is 5.29. The maximum absolute atomic E-state index is 12.2. The Bertz CT molecular complexity index is 355. The monoisotopic (exact) mass is 257 g/mol. The van der Waals surface area contributed by atoms with Gasteiger partial charge in [0.1, 0.15) is 12.6 Å². The molecule has 0 saturated carbocycles. The van der Waals surface area contributed by atoms with E-state index in [4.69, 9.17) is 0 Å². The van der Waals surface area contributed by atoms with Gasteiger partial charge in [-0.3, -0.25) is 19.7 Å². The van der Waals surface area contributed by atoms with Gasteiger partial charge in [0.2, 0.25) is 17.7 Å². The van der Waals surface area contributed by atoms with Crippen molar-refractivity contribution in [2.45, 2.75) is 19.0 Å². The van der Waals surface area contributed by atoms with Crippen molar-refractivity contribution in [1.82, 2.24) is 15.5 Å². The molecule has 6 nitrogen and oxygen atoms in total. The van der Waals surface area contributed by atoms with Crippen LogP contribution in [0.15, 0.2) is 0 Å². The van der Waals surface area contributed by atoms with E-state index < -0.39 is 17.9 Å². The van der Waals surface area contributed by atoms with E-state index in [0.717, 1.165) is 12.3 Å². The molecule has 2 unspecified atom stereocenters. The molecule has 0 aromatic heterocycles. The highest BCUT2D eigenvalue weighted by molar-refractivity contribution is 7.99. The van der Waals surface area contributed by atoms with Crippen LogP contribution in [0.3, 0.4) is 0 Å². The third-order valence-electron chi connectivity index (χ3n) is 2.93. The van der Waals surface area contributed by atoms with E-state index in [1.165, 1.54) is 4.90 Å². The zero-order chi connectivity index (χ0) is 12.4. The van der Waals surface area contributed by atoms with Crippen LogP contribution in [0.2, 0.25) is 0 Å². The fraction of sp³-hybridized carbons (Fsp3) is 0.700. The van der Waals surface area contributed by atoms with Gasteiger partial charge in [-0.25, -0.2) is 0 Å². The molecule has 2 N–H and O–H groups in total. The van der Waals surface area contributed by atoms with Crippen molar-refractivity contribution in [2.24, 2.45) is 0 Å². The third-order valence-corrected chi connectivity index (χ3v) is 3.99. The topological polar surface area (TPSA) is 78.5 Å². The summed E-state index contributed by atoms with van der Waals surface area (Å²) in [7, 11) is 0. The second kappa shape index (κ2) is 5.05. The first-order valence-electron chi connectivity index (χ1n) is 5.55. The highest BCUT2D eigenvalue weighted by atomic mass is 32.2. The summed E-state index contributed by atoms with van der Waals surface area (Å²) in [6.07, 6.45) is 0. The molecule has 0 radical (unpaired) electrons. The normalized spacial score (nSPS) is 30.1. The molecule has 7 heteroatoms. The van der Waals surface area contributed by atoms with Gasteiger partial charge in [0.05, 0.1) is 6.04 Å². The minimum Gasteiger partial charge on any atom is -0.320 e. The summed E-state index contributed by atoms with van der Waals surface area (Å²) in [6.45, 7) is 2.38. The van der Waals surface area contributed by atoms with Crippen molar-refractivity contribution in [3.05, 3.63) is 0 Å². The number of imide groups is 1. The Morgan fingerprint density at radius 1 is 1.47 bits per heavy atom. The van der Waals surface area contributed by atoms with Crippen LogP contribution >= 0.6 is 11.8 Å². The average Bonchev–Trinajstić information content (AvgIpc) is 2.34. The van der Waals surface area contributed by atoms with E-state index in [9.17, 15) is 14.4 Å².